The van der Waals surface area contributed by atoms with E-state index in [0.29, 0.717) is 0 Å². The van der Waals surface area contributed by atoms with Crippen LogP contribution >= 0.6 is 11.8 Å². The predicted octanol–water partition coefficient (Wildman–Crippen LogP) is 1.84. The Bertz CT molecular complexity index is 314. The minimum absolute atomic E-state index is 0.233. The van der Waals surface area contributed by atoms with Gasteiger partial charge >= 0.3 is 5.97 Å². The molecule has 72 valence electrons. The highest BCUT2D eigenvalue weighted by Crippen LogP contribution is 2.11. The maximum absolute atomic E-state index is 11.4. The van der Waals surface area contributed by atoms with Crippen molar-refractivity contribution in [1.29, 1.82) is 0 Å². The summed E-state index contributed by atoms with van der Waals surface area (Å²) in [4.78, 5) is 11.4. The zero-order chi connectivity index (χ0) is 10.1. The Labute approximate surface area is 81.6 Å². The zero-order valence-corrected chi connectivity index (χ0v) is 8.50. The molecule has 0 fully saturated rings. The number of halogens is 1. The lowest BCUT2D eigenvalue weighted by Crippen LogP contribution is -2.24. The molecule has 13 heavy (non-hydrogen) atoms. The van der Waals surface area contributed by atoms with Crippen LogP contribution in [0.5, 0.6) is 0 Å². The maximum Gasteiger partial charge on any atom is 0.358 e. The number of aromatic nitrogens is 2. The molecule has 0 unspecified atom stereocenters. The molecule has 0 spiro atoms. The fraction of sp³-hybridized carbons (Fsp3) is 0.500. The Morgan fingerprint density at radius 1 is 1.62 bits per heavy atom. The van der Waals surface area contributed by atoms with Crippen molar-refractivity contribution in [3.8, 4) is 0 Å². The van der Waals surface area contributed by atoms with Gasteiger partial charge in [-0.2, -0.15) is 9.30 Å². The minimum Gasteiger partial charge on any atom is -0.455 e. The highest BCUT2D eigenvalue weighted by atomic mass is 35.5. The van der Waals surface area contributed by atoms with E-state index in [1.807, 2.05) is 0 Å². The smallest absolute Gasteiger partial charge is 0.358 e. The van der Waals surface area contributed by atoms with Crippen LogP contribution < -0.4 is 0 Å². The molecule has 0 N–H and O–H groups in total. The van der Waals surface area contributed by atoms with Crippen LogP contribution in [0.2, 0.25) is 0 Å². The van der Waals surface area contributed by atoms with Crippen molar-refractivity contribution in [2.75, 3.05) is 0 Å². The Morgan fingerprint density at radius 2 is 2.23 bits per heavy atom. The number of hydrogen-bond donors (Lipinski definition) is 0. The molecule has 0 saturated carbocycles. The SMILES string of the molecule is CC(C)(C)OC(=O)c1ccnn1Cl. The van der Waals surface area contributed by atoms with E-state index < -0.39 is 11.6 Å². The third-order valence-corrected chi connectivity index (χ3v) is 1.48. The van der Waals surface area contributed by atoms with E-state index in [-0.39, 0.29) is 5.69 Å². The van der Waals surface area contributed by atoms with Crippen LogP contribution in [0.25, 0.3) is 0 Å². The Balaban J connectivity index is 2.76. The predicted molar refractivity (Wildman–Crippen MR) is 48.6 cm³/mol. The van der Waals surface area contributed by atoms with Gasteiger partial charge in [0, 0.05) is 11.8 Å². The van der Waals surface area contributed by atoms with Crippen LogP contribution in [0.4, 0.5) is 0 Å². The Kier molecular flexibility index (Phi) is 2.61. The van der Waals surface area contributed by atoms with Crippen LogP contribution in [-0.2, 0) is 4.74 Å². The molecule has 0 aromatic carbocycles. The second-order valence-corrected chi connectivity index (χ2v) is 3.90. The van der Waals surface area contributed by atoms with Gasteiger partial charge in [-0.05, 0) is 26.8 Å². The molecular weight excluding hydrogens is 192 g/mol. The van der Waals surface area contributed by atoms with E-state index in [1.54, 1.807) is 20.8 Å². The summed E-state index contributed by atoms with van der Waals surface area (Å²) in [6, 6.07) is 1.50. The average Bonchev–Trinajstić information content (AvgIpc) is 2.30. The largest absolute Gasteiger partial charge is 0.455 e. The molecule has 1 heterocycles. The fourth-order valence-corrected chi connectivity index (χ4v) is 0.936. The summed E-state index contributed by atoms with van der Waals surface area (Å²) in [5, 5.41) is 3.65. The molecule has 0 atom stereocenters. The topological polar surface area (TPSA) is 44.1 Å². The average molecular weight is 203 g/mol. The van der Waals surface area contributed by atoms with Crippen LogP contribution in [0.15, 0.2) is 12.3 Å². The molecular formula is C8H11ClN2O2. The normalized spacial score (nSPS) is 11.4. The number of carbonyl (C=O) groups excluding carboxylic acids is 1. The molecule has 0 saturated heterocycles. The van der Waals surface area contributed by atoms with E-state index in [9.17, 15) is 4.79 Å². The van der Waals surface area contributed by atoms with E-state index in [4.69, 9.17) is 16.5 Å². The van der Waals surface area contributed by atoms with E-state index in [1.165, 1.54) is 12.3 Å². The lowest BCUT2D eigenvalue weighted by Gasteiger charge is -2.18. The summed E-state index contributed by atoms with van der Waals surface area (Å²) in [6.45, 7) is 5.37. The lowest BCUT2D eigenvalue weighted by atomic mass is 10.2. The van der Waals surface area contributed by atoms with Gasteiger partial charge in [-0.3, -0.25) is 0 Å². The summed E-state index contributed by atoms with van der Waals surface area (Å²) in [7, 11) is 0. The second kappa shape index (κ2) is 3.38. The minimum atomic E-state index is -0.516. The summed E-state index contributed by atoms with van der Waals surface area (Å²) < 4.78 is 6.05. The van der Waals surface area contributed by atoms with Gasteiger partial charge in [0.25, 0.3) is 0 Å². The van der Waals surface area contributed by atoms with Gasteiger partial charge in [-0.25, -0.2) is 4.79 Å². The Hall–Kier alpha value is -1.03. The van der Waals surface area contributed by atoms with Gasteiger partial charge in [0.1, 0.15) is 5.60 Å². The van der Waals surface area contributed by atoms with Gasteiger partial charge in [-0.1, -0.05) is 0 Å². The molecule has 1 aromatic rings. The first-order chi connectivity index (χ1) is 5.90. The quantitative estimate of drug-likeness (QED) is 0.653. The van der Waals surface area contributed by atoms with Gasteiger partial charge < -0.3 is 4.74 Å². The first-order valence-electron chi connectivity index (χ1n) is 3.84. The van der Waals surface area contributed by atoms with E-state index in [0.717, 1.165) is 4.20 Å². The third-order valence-electron chi connectivity index (χ3n) is 1.21. The van der Waals surface area contributed by atoms with Crippen LogP contribution in [-0.4, -0.2) is 20.9 Å². The van der Waals surface area contributed by atoms with Gasteiger partial charge in [0.15, 0.2) is 5.69 Å². The highest BCUT2D eigenvalue weighted by Gasteiger charge is 2.20. The lowest BCUT2D eigenvalue weighted by molar-refractivity contribution is 0.00610. The maximum atomic E-state index is 11.4. The van der Waals surface area contributed by atoms with Crippen molar-refractivity contribution in [1.82, 2.24) is 9.30 Å². The number of rotatable bonds is 1. The molecule has 0 aliphatic rings. The number of ether oxygens (including phenoxy) is 1. The van der Waals surface area contributed by atoms with E-state index >= 15 is 0 Å². The summed E-state index contributed by atoms with van der Waals surface area (Å²) in [5.74, 6) is -0.472. The molecule has 0 amide bonds. The number of esters is 1. The van der Waals surface area contributed by atoms with Crippen molar-refractivity contribution in [2.45, 2.75) is 26.4 Å². The number of carbonyl (C=O) groups is 1. The third kappa shape index (κ3) is 2.73. The zero-order valence-electron chi connectivity index (χ0n) is 7.74. The summed E-state index contributed by atoms with van der Waals surface area (Å²) in [5.41, 5.74) is -0.283. The molecule has 1 rings (SSSR count). The highest BCUT2D eigenvalue weighted by molar-refractivity contribution is 6.17. The van der Waals surface area contributed by atoms with Gasteiger partial charge in [0.05, 0.1) is 6.20 Å². The molecule has 0 aliphatic carbocycles. The molecule has 4 nitrogen and oxygen atoms in total. The monoisotopic (exact) mass is 202 g/mol. The van der Waals surface area contributed by atoms with Gasteiger partial charge in [0.2, 0.25) is 0 Å². The second-order valence-electron chi connectivity index (χ2n) is 3.58. The summed E-state index contributed by atoms with van der Waals surface area (Å²) in [6.07, 6.45) is 1.44. The van der Waals surface area contributed by atoms with Crippen molar-refractivity contribution in [3.63, 3.8) is 0 Å². The van der Waals surface area contributed by atoms with Crippen molar-refractivity contribution in [3.05, 3.63) is 18.0 Å². The van der Waals surface area contributed by atoms with Crippen molar-refractivity contribution < 1.29 is 9.53 Å². The Morgan fingerprint density at radius 3 is 2.62 bits per heavy atom. The standard InChI is InChI=1S/C8H11ClN2O2/c1-8(2,3)13-7(12)6-4-5-10-11(6)9/h4-5H,1-3H3. The first kappa shape index (κ1) is 10.1. The first-order valence-corrected chi connectivity index (χ1v) is 4.17. The number of nitrogens with zero attached hydrogens (tertiary/aromatic N) is 2. The fourth-order valence-electron chi connectivity index (χ4n) is 0.760. The summed E-state index contributed by atoms with van der Waals surface area (Å²) >= 11 is 5.57. The number of hydrogen-bond acceptors (Lipinski definition) is 3. The van der Waals surface area contributed by atoms with Crippen LogP contribution in [0.1, 0.15) is 31.3 Å². The molecule has 1 aromatic heterocycles. The van der Waals surface area contributed by atoms with Crippen molar-refractivity contribution in [2.24, 2.45) is 0 Å². The molecule has 0 radical (unpaired) electrons. The van der Waals surface area contributed by atoms with E-state index in [2.05, 4.69) is 5.10 Å². The molecule has 5 heteroatoms. The molecule has 0 bridgehead atoms. The van der Waals surface area contributed by atoms with Crippen LogP contribution in [0.3, 0.4) is 0 Å². The molecule has 0 aliphatic heterocycles. The van der Waals surface area contributed by atoms with Gasteiger partial charge in [-0.15, -0.1) is 0 Å². The van der Waals surface area contributed by atoms with Crippen LogP contribution in [0, 0.1) is 0 Å². The van der Waals surface area contributed by atoms with Crippen molar-refractivity contribution >= 4 is 17.7 Å².